The second-order valence-electron chi connectivity index (χ2n) is 3.80. The van der Waals surface area contributed by atoms with Crippen LogP contribution >= 0.6 is 11.3 Å². The number of urea groups is 1. The molecule has 2 aliphatic heterocycles. The van der Waals surface area contributed by atoms with Crippen molar-refractivity contribution in [2.75, 3.05) is 6.54 Å². The average Bonchev–Trinajstić information content (AvgIpc) is 2.77. The molecule has 2 aliphatic rings. The number of hydroxylamine groups is 2. The molecular formula is C8H7N2NaO5S2. The van der Waals surface area contributed by atoms with Gasteiger partial charge >= 0.3 is 35.6 Å². The van der Waals surface area contributed by atoms with Crippen molar-refractivity contribution in [2.45, 2.75) is 12.6 Å². The van der Waals surface area contributed by atoms with Gasteiger partial charge in [-0.2, -0.15) is 9.35 Å². The number of hydrogen-bond donors (Lipinski definition) is 0. The largest absolute Gasteiger partial charge is 1.00 e. The van der Waals surface area contributed by atoms with Crippen LogP contribution in [0.1, 0.15) is 16.5 Å². The predicted molar refractivity (Wildman–Crippen MR) is 55.5 cm³/mol. The molecule has 18 heavy (non-hydrogen) atoms. The van der Waals surface area contributed by atoms with E-state index >= 15 is 0 Å². The van der Waals surface area contributed by atoms with Crippen molar-refractivity contribution in [2.24, 2.45) is 0 Å². The molecule has 2 bridgehead atoms. The van der Waals surface area contributed by atoms with E-state index < -0.39 is 22.5 Å². The Bertz CT molecular complexity index is 586. The zero-order valence-corrected chi connectivity index (χ0v) is 13.0. The van der Waals surface area contributed by atoms with Gasteiger partial charge in [0.25, 0.3) is 0 Å². The molecule has 0 saturated carbocycles. The molecule has 7 nitrogen and oxygen atoms in total. The third kappa shape index (κ3) is 2.31. The number of amides is 2. The Kier molecular flexibility index (Phi) is 3.76. The number of nitrogens with zero attached hydrogens (tertiary/aromatic N) is 2. The Hall–Kier alpha value is -0.160. The molecule has 2 amide bonds. The second kappa shape index (κ2) is 4.75. The van der Waals surface area contributed by atoms with E-state index in [-0.39, 0.29) is 29.6 Å². The van der Waals surface area contributed by atoms with E-state index in [1.165, 1.54) is 16.2 Å². The smallest absolute Gasteiger partial charge is 0.724 e. The first kappa shape index (κ1) is 14.3. The summed E-state index contributed by atoms with van der Waals surface area (Å²) in [6, 6.07) is 0.787. The summed E-state index contributed by atoms with van der Waals surface area (Å²) < 4.78 is 36.0. The van der Waals surface area contributed by atoms with Crippen molar-refractivity contribution in [1.82, 2.24) is 9.96 Å². The van der Waals surface area contributed by atoms with E-state index in [1.807, 2.05) is 11.4 Å². The summed E-state index contributed by atoms with van der Waals surface area (Å²) in [6.07, 6.45) is 0. The molecule has 1 unspecified atom stereocenters. The molecule has 3 rings (SSSR count). The van der Waals surface area contributed by atoms with Crippen LogP contribution in [0.15, 0.2) is 11.4 Å². The minimum atomic E-state index is -4.93. The number of hydrogen-bond acceptors (Lipinski definition) is 6. The minimum absolute atomic E-state index is 0. The summed E-state index contributed by atoms with van der Waals surface area (Å²) in [7, 11) is -4.93. The van der Waals surface area contributed by atoms with Crippen molar-refractivity contribution >= 4 is 27.8 Å². The van der Waals surface area contributed by atoms with Crippen LogP contribution in [0.4, 0.5) is 4.79 Å². The summed E-state index contributed by atoms with van der Waals surface area (Å²) >= 11 is 1.42. The molecule has 3 heterocycles. The summed E-state index contributed by atoms with van der Waals surface area (Å²) in [5, 5.41) is 2.52. The van der Waals surface area contributed by atoms with Crippen LogP contribution in [0.3, 0.4) is 0 Å². The predicted octanol–water partition coefficient (Wildman–Crippen LogP) is -2.56. The maximum absolute atomic E-state index is 11.8. The van der Waals surface area contributed by atoms with Gasteiger partial charge in [-0.1, -0.05) is 0 Å². The first-order chi connectivity index (χ1) is 7.96. The van der Waals surface area contributed by atoms with Crippen LogP contribution in [-0.4, -0.2) is 35.5 Å². The fourth-order valence-electron chi connectivity index (χ4n) is 2.11. The Labute approximate surface area is 130 Å². The van der Waals surface area contributed by atoms with E-state index in [0.717, 1.165) is 10.4 Å². The number of fused-ring (bicyclic) bond motifs is 4. The molecular weight excluding hydrogens is 291 g/mol. The van der Waals surface area contributed by atoms with Crippen molar-refractivity contribution < 1.29 is 51.6 Å². The van der Waals surface area contributed by atoms with Crippen LogP contribution < -0.4 is 29.6 Å². The zero-order chi connectivity index (χ0) is 12.2. The third-order valence-corrected chi connectivity index (χ3v) is 4.16. The number of carbonyl (C=O) groups is 1. The van der Waals surface area contributed by atoms with Crippen molar-refractivity contribution in [3.63, 3.8) is 0 Å². The molecule has 92 valence electrons. The van der Waals surface area contributed by atoms with E-state index in [1.54, 1.807) is 0 Å². The molecule has 0 aromatic carbocycles. The van der Waals surface area contributed by atoms with E-state index in [0.29, 0.717) is 18.2 Å². The summed E-state index contributed by atoms with van der Waals surface area (Å²) in [4.78, 5) is 14.1. The third-order valence-electron chi connectivity index (χ3n) is 2.75. The van der Waals surface area contributed by atoms with Gasteiger partial charge in [0.05, 0.1) is 6.54 Å². The van der Waals surface area contributed by atoms with Gasteiger partial charge in [0.15, 0.2) is 0 Å². The fourth-order valence-corrected chi connectivity index (χ4v) is 3.47. The van der Waals surface area contributed by atoms with E-state index in [4.69, 9.17) is 0 Å². The Morgan fingerprint density at radius 3 is 2.89 bits per heavy atom. The molecule has 1 aromatic rings. The van der Waals surface area contributed by atoms with Crippen LogP contribution in [0.2, 0.25) is 0 Å². The van der Waals surface area contributed by atoms with Crippen LogP contribution in [0, 0.1) is 0 Å². The summed E-state index contributed by atoms with van der Waals surface area (Å²) in [5.74, 6) is 0. The first-order valence-electron chi connectivity index (χ1n) is 4.75. The quantitative estimate of drug-likeness (QED) is 0.340. The first-order valence-corrected chi connectivity index (χ1v) is 6.97. The van der Waals surface area contributed by atoms with Crippen LogP contribution in [0.25, 0.3) is 0 Å². The minimum Gasteiger partial charge on any atom is -0.724 e. The Morgan fingerprint density at radius 2 is 2.22 bits per heavy atom. The molecule has 0 radical (unpaired) electrons. The molecule has 10 heteroatoms. The van der Waals surface area contributed by atoms with E-state index in [2.05, 4.69) is 4.28 Å². The second-order valence-corrected chi connectivity index (χ2v) is 5.71. The fraction of sp³-hybridized carbons (Fsp3) is 0.375. The SMILES string of the molecule is O=C1N2Cc3ccsc3C(C2)N1OS(=O)(=O)[O-].[Na+]. The molecule has 1 saturated heterocycles. The van der Waals surface area contributed by atoms with Gasteiger partial charge in [-0.25, -0.2) is 13.2 Å². The van der Waals surface area contributed by atoms with E-state index in [9.17, 15) is 17.8 Å². The number of rotatable bonds is 2. The van der Waals surface area contributed by atoms with Gasteiger partial charge in [0.1, 0.15) is 6.04 Å². The molecule has 1 aromatic heterocycles. The maximum Gasteiger partial charge on any atom is 1.00 e. The topological polar surface area (TPSA) is 90.0 Å². The van der Waals surface area contributed by atoms with Gasteiger partial charge in [-0.15, -0.1) is 11.3 Å². The monoisotopic (exact) mass is 298 g/mol. The molecule has 1 fully saturated rings. The van der Waals surface area contributed by atoms with Crippen molar-refractivity contribution in [3.05, 3.63) is 21.9 Å². The Morgan fingerprint density at radius 1 is 1.50 bits per heavy atom. The van der Waals surface area contributed by atoms with Crippen LogP contribution in [0.5, 0.6) is 0 Å². The van der Waals surface area contributed by atoms with Gasteiger partial charge in [-0.05, 0) is 17.0 Å². The van der Waals surface area contributed by atoms with Gasteiger partial charge < -0.3 is 9.45 Å². The van der Waals surface area contributed by atoms with Crippen LogP contribution in [-0.2, 0) is 21.2 Å². The maximum atomic E-state index is 11.8. The van der Waals surface area contributed by atoms with Crippen molar-refractivity contribution in [1.29, 1.82) is 0 Å². The molecule has 1 atom stereocenters. The standard InChI is InChI=1S/C8H8N2O5S2.Na/c11-8-9-3-5-1-2-16-7(5)6(4-9)10(8)15-17(12,13)14;/h1-2,6H,3-4H2,(H,12,13,14);/q;+1/p-1. The summed E-state index contributed by atoms with van der Waals surface area (Å²) in [5.41, 5.74) is 0.967. The molecule has 0 spiro atoms. The zero-order valence-electron chi connectivity index (χ0n) is 9.40. The van der Waals surface area contributed by atoms with Gasteiger partial charge in [0, 0.05) is 11.4 Å². The van der Waals surface area contributed by atoms with Gasteiger partial charge in [0.2, 0.25) is 10.4 Å². The normalized spacial score (nSPS) is 21.8. The average molecular weight is 298 g/mol. The summed E-state index contributed by atoms with van der Waals surface area (Å²) in [6.45, 7) is 0.773. The number of carbonyl (C=O) groups excluding carboxylic acids is 1. The van der Waals surface area contributed by atoms with Gasteiger partial charge in [-0.3, -0.25) is 0 Å². The number of thiophene rings is 1. The molecule has 0 N–H and O–H groups in total. The van der Waals surface area contributed by atoms with Crippen molar-refractivity contribution in [3.8, 4) is 0 Å². The Balaban J connectivity index is 0.00000120. The molecule has 0 aliphatic carbocycles.